The van der Waals surface area contributed by atoms with Gasteiger partial charge in [-0.25, -0.2) is 0 Å². The van der Waals surface area contributed by atoms with Crippen molar-refractivity contribution in [3.63, 3.8) is 0 Å². The summed E-state index contributed by atoms with van der Waals surface area (Å²) in [6.45, 7) is 7.67. The Morgan fingerprint density at radius 2 is 1.82 bits per heavy atom. The maximum Gasteiger partial charge on any atom is 0.247 e. The van der Waals surface area contributed by atoms with Gasteiger partial charge in [0.05, 0.1) is 35.8 Å². The van der Waals surface area contributed by atoms with Gasteiger partial charge in [0.15, 0.2) is 0 Å². The van der Waals surface area contributed by atoms with Gasteiger partial charge in [0, 0.05) is 30.6 Å². The highest BCUT2D eigenvalue weighted by atomic mass is 32.2. The zero-order chi connectivity index (χ0) is 27.7. The average Bonchev–Trinajstić information content (AvgIpc) is 3.26. The van der Waals surface area contributed by atoms with Crippen LogP contribution in [0.4, 0.5) is 5.69 Å². The number of fused-ring (bicyclic) bond motifs is 2. The summed E-state index contributed by atoms with van der Waals surface area (Å²) in [5, 5.41) is 9.88. The van der Waals surface area contributed by atoms with Gasteiger partial charge in [0.25, 0.3) is 0 Å². The highest BCUT2D eigenvalue weighted by molar-refractivity contribution is 8.02. The van der Waals surface area contributed by atoms with Crippen molar-refractivity contribution in [2.45, 2.75) is 62.1 Å². The molecule has 8 nitrogen and oxygen atoms in total. The lowest BCUT2D eigenvalue weighted by Crippen LogP contribution is -2.56. The third kappa shape index (κ3) is 4.67. The van der Waals surface area contributed by atoms with Crippen LogP contribution in [0, 0.1) is 11.8 Å². The van der Waals surface area contributed by atoms with Crippen LogP contribution in [0.3, 0.4) is 0 Å². The minimum absolute atomic E-state index is 0.0870. The van der Waals surface area contributed by atoms with Crippen LogP contribution in [-0.4, -0.2) is 87.6 Å². The number of aliphatic hydroxyl groups excluding tert-OH is 1. The molecule has 1 aromatic carbocycles. The second-order valence-electron chi connectivity index (χ2n) is 10.8. The molecule has 1 unspecified atom stereocenters. The lowest BCUT2D eigenvalue weighted by molar-refractivity contribution is -0.145. The number of likely N-dealkylation sites (tertiary alicyclic amines) is 1. The molecule has 0 aliphatic carbocycles. The van der Waals surface area contributed by atoms with Crippen molar-refractivity contribution in [2.75, 3.05) is 37.7 Å². The number of anilines is 1. The molecule has 6 atom stereocenters. The first-order chi connectivity index (χ1) is 18.9. The predicted molar refractivity (Wildman–Crippen MR) is 153 cm³/mol. The topological polar surface area (TPSA) is 90.4 Å². The molecule has 4 heterocycles. The van der Waals surface area contributed by atoms with Crippen molar-refractivity contribution < 1.29 is 24.2 Å². The van der Waals surface area contributed by atoms with E-state index < -0.39 is 28.7 Å². The normalized spacial score (nSPS) is 30.7. The molecular formula is C30H39N3O5S. The van der Waals surface area contributed by atoms with Gasteiger partial charge in [0.2, 0.25) is 17.7 Å². The van der Waals surface area contributed by atoms with E-state index in [1.54, 1.807) is 28.5 Å². The number of unbranched alkanes of at least 4 members (excludes halogenated alkanes) is 2. The van der Waals surface area contributed by atoms with E-state index >= 15 is 0 Å². The Bertz CT molecular complexity index is 1150. The number of carbonyl (C=O) groups excluding carboxylic acids is 3. The monoisotopic (exact) mass is 553 g/mol. The molecule has 4 aliphatic rings. The predicted octanol–water partition coefficient (Wildman–Crippen LogP) is 3.25. The number of rotatable bonds is 9. The van der Waals surface area contributed by atoms with E-state index in [1.807, 2.05) is 60.4 Å². The van der Waals surface area contributed by atoms with E-state index in [-0.39, 0.29) is 29.6 Å². The number of hydrogen-bond acceptors (Lipinski definition) is 6. The maximum absolute atomic E-state index is 14.3. The highest BCUT2D eigenvalue weighted by Gasteiger charge is 2.71. The van der Waals surface area contributed by atoms with E-state index in [0.717, 1.165) is 30.7 Å². The summed E-state index contributed by atoms with van der Waals surface area (Å²) in [7, 11) is 0. The number of hydrogen-bond donors (Lipinski definition) is 1. The molecule has 0 radical (unpaired) electrons. The molecule has 1 aromatic rings. The lowest BCUT2D eigenvalue weighted by Gasteiger charge is -2.37. The van der Waals surface area contributed by atoms with E-state index in [9.17, 15) is 19.5 Å². The first-order valence-corrected chi connectivity index (χ1v) is 15.0. The summed E-state index contributed by atoms with van der Waals surface area (Å²) >= 11 is 1.57. The minimum atomic E-state index is -0.867. The Morgan fingerprint density at radius 3 is 2.51 bits per heavy atom. The van der Waals surface area contributed by atoms with Crippen LogP contribution < -0.4 is 9.64 Å². The molecule has 0 aromatic heterocycles. The Balaban J connectivity index is 1.52. The summed E-state index contributed by atoms with van der Waals surface area (Å²) < 4.78 is 4.70. The zero-order valence-corrected chi connectivity index (χ0v) is 23.8. The van der Waals surface area contributed by atoms with E-state index in [4.69, 9.17) is 4.74 Å². The minimum Gasteiger partial charge on any atom is -0.494 e. The third-order valence-corrected chi connectivity index (χ3v) is 10.2. The summed E-state index contributed by atoms with van der Waals surface area (Å²) in [5.74, 6) is -0.987. The van der Waals surface area contributed by atoms with Crippen molar-refractivity contribution in [2.24, 2.45) is 11.8 Å². The van der Waals surface area contributed by atoms with E-state index in [0.29, 0.717) is 26.2 Å². The van der Waals surface area contributed by atoms with Gasteiger partial charge in [-0.3, -0.25) is 14.4 Å². The van der Waals surface area contributed by atoms with Crippen LogP contribution in [0.25, 0.3) is 0 Å². The quantitative estimate of drug-likeness (QED) is 0.373. The second-order valence-corrected chi connectivity index (χ2v) is 12.3. The number of benzene rings is 1. The number of aliphatic hydroxyl groups is 1. The molecule has 9 heteroatoms. The summed E-state index contributed by atoms with van der Waals surface area (Å²) in [4.78, 5) is 47.8. The van der Waals surface area contributed by atoms with Crippen molar-refractivity contribution in [3.8, 4) is 5.75 Å². The Labute approximate surface area is 235 Å². The molecule has 210 valence electrons. The zero-order valence-electron chi connectivity index (χ0n) is 23.0. The van der Waals surface area contributed by atoms with Gasteiger partial charge < -0.3 is 24.5 Å². The lowest BCUT2D eigenvalue weighted by atomic mass is 9.78. The number of carbonyl (C=O) groups is 3. The van der Waals surface area contributed by atoms with Gasteiger partial charge in [-0.2, -0.15) is 0 Å². The van der Waals surface area contributed by atoms with Crippen LogP contribution >= 0.6 is 11.8 Å². The number of ether oxygens (including phenoxy) is 1. The molecule has 1 spiro atoms. The molecule has 0 bridgehead atoms. The van der Waals surface area contributed by atoms with Gasteiger partial charge >= 0.3 is 0 Å². The molecule has 0 saturated carbocycles. The van der Waals surface area contributed by atoms with Gasteiger partial charge in [-0.05, 0) is 44.5 Å². The van der Waals surface area contributed by atoms with Crippen molar-refractivity contribution in [3.05, 3.63) is 48.6 Å². The smallest absolute Gasteiger partial charge is 0.247 e. The Morgan fingerprint density at radius 1 is 1.05 bits per heavy atom. The van der Waals surface area contributed by atoms with Gasteiger partial charge in [-0.1, -0.05) is 44.1 Å². The van der Waals surface area contributed by atoms with Crippen LogP contribution in [0.1, 0.15) is 40.0 Å². The fraction of sp³-hybridized carbons (Fsp3) is 0.567. The summed E-state index contributed by atoms with van der Waals surface area (Å²) in [6.07, 6.45) is 11.1. The maximum atomic E-state index is 14.3. The number of nitrogens with zero attached hydrogens (tertiary/aromatic N) is 3. The third-order valence-electron chi connectivity index (χ3n) is 8.41. The van der Waals surface area contributed by atoms with Crippen molar-refractivity contribution in [1.29, 1.82) is 0 Å². The van der Waals surface area contributed by atoms with E-state index in [1.165, 1.54) is 0 Å². The first-order valence-electron chi connectivity index (χ1n) is 14.2. The van der Waals surface area contributed by atoms with Crippen LogP contribution in [0.15, 0.2) is 48.6 Å². The highest BCUT2D eigenvalue weighted by Crippen LogP contribution is 2.61. The summed E-state index contributed by atoms with van der Waals surface area (Å²) in [6, 6.07) is 6.16. The molecule has 39 heavy (non-hydrogen) atoms. The average molecular weight is 554 g/mol. The Hall–Kier alpha value is -2.78. The van der Waals surface area contributed by atoms with Gasteiger partial charge in [0.1, 0.15) is 11.8 Å². The largest absolute Gasteiger partial charge is 0.494 e. The fourth-order valence-corrected chi connectivity index (χ4v) is 8.55. The number of thioether (sulfide) groups is 1. The fourth-order valence-electron chi connectivity index (χ4n) is 6.56. The van der Waals surface area contributed by atoms with Crippen molar-refractivity contribution >= 4 is 35.2 Å². The number of amides is 3. The molecular weight excluding hydrogens is 514 g/mol. The SMILES string of the molecule is CCCCCN1CC=C[C@]23S[C@H]4C=CCN(c5ccc(OCC)cc5)C(=O)[C@H]4[C@H]2C(=O)N([C@H](C)CO)C3C1=O. The molecule has 3 amide bonds. The van der Waals surface area contributed by atoms with Gasteiger partial charge in [-0.15, -0.1) is 11.8 Å². The van der Waals surface area contributed by atoms with Crippen molar-refractivity contribution in [1.82, 2.24) is 9.80 Å². The standard InChI is InChI=1S/C30H39N3O5S/c1-4-6-7-16-31-17-9-15-30-25(28(36)33(20(3)19-34)26(30)29(31)37)24-23(39-30)10-8-18-32(27(24)35)21-11-13-22(14-12-21)38-5-2/h8-15,20,23-26,34H,4-7,16-19H2,1-3H3/t20-,23+,24-,25+,26?,30+/m1/s1. The van der Waals surface area contributed by atoms with Crippen LogP contribution in [-0.2, 0) is 14.4 Å². The van der Waals surface area contributed by atoms with Crippen LogP contribution in [0.5, 0.6) is 5.75 Å². The molecule has 2 fully saturated rings. The molecule has 4 aliphatic heterocycles. The molecule has 2 saturated heterocycles. The molecule has 1 N–H and O–H groups in total. The van der Waals surface area contributed by atoms with E-state index in [2.05, 4.69) is 6.92 Å². The summed E-state index contributed by atoms with van der Waals surface area (Å²) in [5.41, 5.74) is 0.747. The Kier molecular flexibility index (Phi) is 8.10. The second kappa shape index (κ2) is 11.4. The van der Waals surface area contributed by atoms with Crippen LogP contribution in [0.2, 0.25) is 0 Å². The first kappa shape index (κ1) is 27.8. The molecule has 5 rings (SSSR count).